The van der Waals surface area contributed by atoms with Crippen molar-refractivity contribution in [2.24, 2.45) is 5.92 Å². The van der Waals surface area contributed by atoms with Gasteiger partial charge in [-0.3, -0.25) is 4.79 Å². The van der Waals surface area contributed by atoms with E-state index in [9.17, 15) is 9.90 Å². The van der Waals surface area contributed by atoms with Crippen LogP contribution in [0.5, 0.6) is 0 Å². The normalized spacial score (nSPS) is 22.3. The number of rotatable bonds is 5. The van der Waals surface area contributed by atoms with Gasteiger partial charge in [0.05, 0.1) is 6.10 Å². The zero-order chi connectivity index (χ0) is 16.1. The number of likely N-dealkylation sites (tertiary alicyclic amines) is 2. The van der Waals surface area contributed by atoms with E-state index in [4.69, 9.17) is 0 Å². The average Bonchev–Trinajstić information content (AvgIpc) is 2.59. The summed E-state index contributed by atoms with van der Waals surface area (Å²) < 4.78 is 0. The Balaban J connectivity index is 1.42. The monoisotopic (exact) mass is 316 g/mol. The lowest BCUT2D eigenvalue weighted by Crippen LogP contribution is -2.43. The van der Waals surface area contributed by atoms with Gasteiger partial charge in [-0.25, -0.2) is 0 Å². The van der Waals surface area contributed by atoms with Crippen molar-refractivity contribution in [2.75, 3.05) is 32.7 Å². The fourth-order valence-electron chi connectivity index (χ4n) is 3.74. The smallest absolute Gasteiger partial charge is 0.222 e. The molecule has 3 rings (SSSR count). The first-order chi connectivity index (χ1) is 11.2. The lowest BCUT2D eigenvalue weighted by atomic mass is 9.94. The summed E-state index contributed by atoms with van der Waals surface area (Å²) in [6, 6.07) is 9.89. The van der Waals surface area contributed by atoms with Crippen LogP contribution in [-0.2, 0) is 4.79 Å². The number of carbonyl (C=O) groups is 1. The molecule has 1 aromatic carbocycles. The third kappa shape index (κ3) is 4.55. The number of nitrogens with zero attached hydrogens (tertiary/aromatic N) is 2. The van der Waals surface area contributed by atoms with Crippen LogP contribution in [0.2, 0.25) is 0 Å². The number of carbonyl (C=O) groups excluding carboxylic acids is 1. The third-order valence-electron chi connectivity index (χ3n) is 5.22. The molecule has 2 fully saturated rings. The van der Waals surface area contributed by atoms with Crippen LogP contribution in [0.25, 0.3) is 0 Å². The third-order valence-corrected chi connectivity index (χ3v) is 5.22. The van der Waals surface area contributed by atoms with Crippen molar-refractivity contribution in [2.45, 2.75) is 38.2 Å². The van der Waals surface area contributed by atoms with Crippen LogP contribution in [0.3, 0.4) is 0 Å². The number of β-amino-alcohol motifs (C(OH)–C–C–N with tert-alkyl or cyclic N) is 1. The van der Waals surface area contributed by atoms with E-state index < -0.39 is 6.10 Å². The van der Waals surface area contributed by atoms with Crippen molar-refractivity contribution in [3.05, 3.63) is 35.9 Å². The second-order valence-corrected chi connectivity index (χ2v) is 6.97. The number of hydrogen-bond acceptors (Lipinski definition) is 3. The number of piperidine rings is 2. The zero-order valence-corrected chi connectivity index (χ0v) is 13.9. The molecule has 0 aliphatic carbocycles. The average molecular weight is 316 g/mol. The summed E-state index contributed by atoms with van der Waals surface area (Å²) in [6.07, 6.45) is 4.81. The Kier molecular flexibility index (Phi) is 5.68. The Bertz CT molecular complexity index is 497. The summed E-state index contributed by atoms with van der Waals surface area (Å²) in [5.74, 6) is 0.973. The molecule has 2 aliphatic heterocycles. The highest BCUT2D eigenvalue weighted by Gasteiger charge is 2.26. The first kappa shape index (κ1) is 16.5. The zero-order valence-electron chi connectivity index (χ0n) is 13.9. The standard InChI is InChI=1S/C19H28N2O2/c22-18(17-6-2-1-3-7-17)15-20-12-9-16(10-13-20)14-21-11-5-4-8-19(21)23/h1-3,6-7,16,18,22H,4-5,8-15H2. The van der Waals surface area contributed by atoms with Crippen molar-refractivity contribution in [3.8, 4) is 0 Å². The van der Waals surface area contributed by atoms with Gasteiger partial charge in [-0.15, -0.1) is 0 Å². The molecule has 1 atom stereocenters. The van der Waals surface area contributed by atoms with Gasteiger partial charge in [-0.2, -0.15) is 0 Å². The number of amides is 1. The summed E-state index contributed by atoms with van der Waals surface area (Å²) in [4.78, 5) is 16.3. The second-order valence-electron chi connectivity index (χ2n) is 6.97. The highest BCUT2D eigenvalue weighted by molar-refractivity contribution is 5.76. The van der Waals surface area contributed by atoms with Gasteiger partial charge >= 0.3 is 0 Å². The maximum Gasteiger partial charge on any atom is 0.222 e. The molecule has 1 aromatic rings. The molecule has 4 heteroatoms. The van der Waals surface area contributed by atoms with E-state index >= 15 is 0 Å². The van der Waals surface area contributed by atoms with E-state index in [1.807, 2.05) is 30.3 Å². The van der Waals surface area contributed by atoms with Gasteiger partial charge in [-0.05, 0) is 50.3 Å². The molecule has 2 saturated heterocycles. The summed E-state index contributed by atoms with van der Waals surface area (Å²) in [7, 11) is 0. The fraction of sp³-hybridized carbons (Fsp3) is 0.632. The largest absolute Gasteiger partial charge is 0.387 e. The van der Waals surface area contributed by atoms with E-state index in [-0.39, 0.29) is 0 Å². The summed E-state index contributed by atoms with van der Waals surface area (Å²) in [6.45, 7) is 4.65. The van der Waals surface area contributed by atoms with Crippen molar-refractivity contribution >= 4 is 5.91 Å². The lowest BCUT2D eigenvalue weighted by molar-refractivity contribution is -0.134. The van der Waals surface area contributed by atoms with E-state index in [2.05, 4.69) is 9.80 Å². The van der Waals surface area contributed by atoms with Gasteiger partial charge in [0.1, 0.15) is 0 Å². The van der Waals surface area contributed by atoms with Crippen molar-refractivity contribution in [3.63, 3.8) is 0 Å². The van der Waals surface area contributed by atoms with Crippen LogP contribution in [0.15, 0.2) is 30.3 Å². The summed E-state index contributed by atoms with van der Waals surface area (Å²) in [5, 5.41) is 10.3. The van der Waals surface area contributed by atoms with Gasteiger partial charge in [0, 0.05) is 26.1 Å². The molecule has 0 radical (unpaired) electrons. The van der Waals surface area contributed by atoms with E-state index in [1.165, 1.54) is 0 Å². The van der Waals surface area contributed by atoms with Gasteiger partial charge in [-0.1, -0.05) is 30.3 Å². The summed E-state index contributed by atoms with van der Waals surface area (Å²) in [5.41, 5.74) is 0.994. The molecule has 2 aliphatic rings. The van der Waals surface area contributed by atoms with Crippen LogP contribution in [0.4, 0.5) is 0 Å². The Morgan fingerprint density at radius 2 is 1.83 bits per heavy atom. The van der Waals surface area contributed by atoms with Crippen LogP contribution in [-0.4, -0.2) is 53.5 Å². The highest BCUT2D eigenvalue weighted by atomic mass is 16.3. The molecular weight excluding hydrogens is 288 g/mol. The van der Waals surface area contributed by atoms with Crippen LogP contribution >= 0.6 is 0 Å². The van der Waals surface area contributed by atoms with E-state index in [0.29, 0.717) is 18.4 Å². The number of aliphatic hydroxyl groups excluding tert-OH is 1. The fourth-order valence-corrected chi connectivity index (χ4v) is 3.74. The molecule has 0 saturated carbocycles. The maximum absolute atomic E-state index is 11.9. The molecule has 1 unspecified atom stereocenters. The second kappa shape index (κ2) is 7.93. The molecule has 23 heavy (non-hydrogen) atoms. The summed E-state index contributed by atoms with van der Waals surface area (Å²) >= 11 is 0. The van der Waals surface area contributed by atoms with Gasteiger partial charge in [0.25, 0.3) is 0 Å². The Labute approximate surface area is 139 Å². The quantitative estimate of drug-likeness (QED) is 0.907. The molecule has 0 spiro atoms. The minimum absolute atomic E-state index is 0.346. The molecule has 126 valence electrons. The maximum atomic E-state index is 11.9. The molecule has 0 aromatic heterocycles. The number of hydrogen-bond donors (Lipinski definition) is 1. The minimum Gasteiger partial charge on any atom is -0.387 e. The SMILES string of the molecule is O=C1CCCCN1CC1CCN(CC(O)c2ccccc2)CC1. The predicted octanol–water partition coefficient (Wildman–Crippen LogP) is 2.44. The predicted molar refractivity (Wildman–Crippen MR) is 91.0 cm³/mol. The number of benzene rings is 1. The van der Waals surface area contributed by atoms with Gasteiger partial charge < -0.3 is 14.9 Å². The highest BCUT2D eigenvalue weighted by Crippen LogP contribution is 2.23. The Morgan fingerprint density at radius 3 is 2.52 bits per heavy atom. The molecule has 1 N–H and O–H groups in total. The van der Waals surface area contributed by atoms with E-state index in [1.54, 1.807) is 0 Å². The molecule has 2 heterocycles. The molecule has 1 amide bonds. The Morgan fingerprint density at radius 1 is 1.09 bits per heavy atom. The van der Waals surface area contributed by atoms with Crippen molar-refractivity contribution < 1.29 is 9.90 Å². The lowest BCUT2D eigenvalue weighted by Gasteiger charge is -2.36. The van der Waals surface area contributed by atoms with Crippen LogP contribution in [0, 0.1) is 5.92 Å². The van der Waals surface area contributed by atoms with Crippen molar-refractivity contribution in [1.29, 1.82) is 0 Å². The topological polar surface area (TPSA) is 43.8 Å². The van der Waals surface area contributed by atoms with Gasteiger partial charge in [0.2, 0.25) is 5.91 Å². The number of aliphatic hydroxyl groups is 1. The first-order valence-electron chi connectivity index (χ1n) is 8.95. The first-order valence-corrected chi connectivity index (χ1v) is 8.95. The minimum atomic E-state index is -0.406. The van der Waals surface area contributed by atoms with Gasteiger partial charge in [0.15, 0.2) is 0 Å². The van der Waals surface area contributed by atoms with Crippen LogP contribution < -0.4 is 0 Å². The van der Waals surface area contributed by atoms with E-state index in [0.717, 1.165) is 63.8 Å². The molecule has 4 nitrogen and oxygen atoms in total. The van der Waals surface area contributed by atoms with Crippen molar-refractivity contribution in [1.82, 2.24) is 9.80 Å². The van der Waals surface area contributed by atoms with Crippen LogP contribution in [0.1, 0.15) is 43.8 Å². The molecular formula is C19H28N2O2. The molecule has 0 bridgehead atoms. The Hall–Kier alpha value is -1.39.